The smallest absolute Gasteiger partial charge is 0.0457 e. The van der Waals surface area contributed by atoms with E-state index in [1.54, 1.807) is 0 Å². The highest BCUT2D eigenvalue weighted by Crippen LogP contribution is 2.21. The Morgan fingerprint density at radius 2 is 1.65 bits per heavy atom. The van der Waals surface area contributed by atoms with Crippen LogP contribution in [0.25, 0.3) is 6.08 Å². The minimum absolute atomic E-state index is 0.750. The van der Waals surface area contributed by atoms with Crippen molar-refractivity contribution < 1.29 is 0 Å². The maximum Gasteiger partial charge on any atom is 0.0457 e. The molecule has 17 heavy (non-hydrogen) atoms. The molecule has 0 aliphatic carbocycles. The van der Waals surface area contributed by atoms with Crippen molar-refractivity contribution in [2.45, 2.75) is 0 Å². The van der Waals surface area contributed by atoms with Gasteiger partial charge in [-0.25, -0.2) is 0 Å². The molecule has 0 saturated carbocycles. The van der Waals surface area contributed by atoms with E-state index in [0.717, 1.165) is 17.1 Å². The third-order valence-electron chi connectivity index (χ3n) is 2.42. The molecule has 0 aliphatic heterocycles. The Hall–Kier alpha value is -1.67. The second-order valence-electron chi connectivity index (χ2n) is 3.66. The lowest BCUT2D eigenvalue weighted by Crippen LogP contribution is -1.92. The van der Waals surface area contributed by atoms with Crippen LogP contribution in [0.15, 0.2) is 60.7 Å². The van der Waals surface area contributed by atoms with Gasteiger partial charge in [0.15, 0.2) is 0 Å². The molecule has 2 rings (SSSR count). The molecule has 0 atom stereocenters. The molecule has 1 N–H and O–H groups in total. The summed E-state index contributed by atoms with van der Waals surface area (Å²) in [5.41, 5.74) is 3.38. The van der Waals surface area contributed by atoms with Crippen molar-refractivity contribution in [2.75, 3.05) is 11.1 Å². The minimum Gasteiger partial charge on any atom is -0.355 e. The highest BCUT2D eigenvalue weighted by molar-refractivity contribution is 7.80. The van der Waals surface area contributed by atoms with Crippen molar-refractivity contribution in [3.8, 4) is 0 Å². The second kappa shape index (κ2) is 6.16. The number of benzene rings is 2. The molecule has 86 valence electrons. The third kappa shape index (κ3) is 3.40. The lowest BCUT2D eigenvalue weighted by atomic mass is 10.1. The zero-order valence-electron chi connectivity index (χ0n) is 9.51. The van der Waals surface area contributed by atoms with Crippen LogP contribution in [0.5, 0.6) is 0 Å². The first-order valence-electron chi connectivity index (χ1n) is 5.58. The first-order chi connectivity index (χ1) is 8.40. The lowest BCUT2D eigenvalue weighted by molar-refractivity contribution is 1.53. The monoisotopic (exact) mass is 241 g/mol. The van der Waals surface area contributed by atoms with Crippen molar-refractivity contribution in [1.29, 1.82) is 0 Å². The van der Waals surface area contributed by atoms with E-state index in [4.69, 9.17) is 0 Å². The van der Waals surface area contributed by atoms with E-state index in [-0.39, 0.29) is 0 Å². The Morgan fingerprint density at radius 3 is 2.41 bits per heavy atom. The van der Waals surface area contributed by atoms with Crippen molar-refractivity contribution >= 4 is 30.1 Å². The van der Waals surface area contributed by atoms with Gasteiger partial charge in [0.25, 0.3) is 0 Å². The molecule has 0 aliphatic rings. The fourth-order valence-corrected chi connectivity index (χ4v) is 1.72. The van der Waals surface area contributed by atoms with Gasteiger partial charge in [0.1, 0.15) is 0 Å². The molecule has 2 heteroatoms. The fraction of sp³-hybridized carbons (Fsp3) is 0.0667. The number of para-hydroxylation sites is 2. The van der Waals surface area contributed by atoms with Crippen molar-refractivity contribution in [3.05, 3.63) is 66.2 Å². The van der Waals surface area contributed by atoms with Gasteiger partial charge in [-0.2, -0.15) is 12.6 Å². The van der Waals surface area contributed by atoms with Crippen LogP contribution in [0.2, 0.25) is 0 Å². The molecule has 2 aromatic carbocycles. The topological polar surface area (TPSA) is 12.0 Å². The van der Waals surface area contributed by atoms with Crippen LogP contribution in [-0.2, 0) is 0 Å². The van der Waals surface area contributed by atoms with Crippen LogP contribution in [-0.4, -0.2) is 5.75 Å². The Kier molecular flexibility index (Phi) is 4.28. The van der Waals surface area contributed by atoms with E-state index in [2.05, 4.69) is 48.3 Å². The maximum absolute atomic E-state index is 4.18. The molecule has 0 unspecified atom stereocenters. The molecular formula is C15H15NS. The fourth-order valence-electron chi connectivity index (χ4n) is 1.61. The van der Waals surface area contributed by atoms with Gasteiger partial charge >= 0.3 is 0 Å². The third-order valence-corrected chi connectivity index (χ3v) is 2.63. The second-order valence-corrected chi connectivity index (χ2v) is 4.03. The molecule has 0 bridgehead atoms. The van der Waals surface area contributed by atoms with E-state index in [0.29, 0.717) is 0 Å². The minimum atomic E-state index is 0.750. The van der Waals surface area contributed by atoms with Gasteiger partial charge in [-0.3, -0.25) is 0 Å². The number of rotatable bonds is 4. The highest BCUT2D eigenvalue weighted by Gasteiger charge is 1.98. The summed E-state index contributed by atoms with van der Waals surface area (Å²) in [6.07, 6.45) is 4.12. The van der Waals surface area contributed by atoms with Gasteiger partial charge in [0.05, 0.1) is 0 Å². The van der Waals surface area contributed by atoms with Crippen LogP contribution in [0.4, 0.5) is 11.4 Å². The summed E-state index contributed by atoms with van der Waals surface area (Å²) >= 11 is 4.18. The van der Waals surface area contributed by atoms with Crippen molar-refractivity contribution in [1.82, 2.24) is 0 Å². The normalized spacial score (nSPS) is 10.6. The van der Waals surface area contributed by atoms with E-state index in [1.165, 1.54) is 5.56 Å². The SMILES string of the molecule is SCC=Cc1ccccc1Nc1ccccc1. The number of nitrogens with one attached hydrogen (secondary N) is 1. The van der Waals surface area contributed by atoms with Crippen LogP contribution in [0.1, 0.15) is 5.56 Å². The predicted molar refractivity (Wildman–Crippen MR) is 79.1 cm³/mol. The summed E-state index contributed by atoms with van der Waals surface area (Å²) in [4.78, 5) is 0. The van der Waals surface area contributed by atoms with E-state index in [9.17, 15) is 0 Å². The van der Waals surface area contributed by atoms with Gasteiger partial charge < -0.3 is 5.32 Å². The summed E-state index contributed by atoms with van der Waals surface area (Å²) in [6.45, 7) is 0. The number of thiol groups is 1. The van der Waals surface area contributed by atoms with Crippen LogP contribution < -0.4 is 5.32 Å². The molecule has 0 aromatic heterocycles. The van der Waals surface area contributed by atoms with Crippen molar-refractivity contribution in [2.24, 2.45) is 0 Å². The Labute approximate surface area is 108 Å². The number of hydrogen-bond donors (Lipinski definition) is 2. The quantitative estimate of drug-likeness (QED) is 0.757. The van der Waals surface area contributed by atoms with Crippen LogP contribution in [0.3, 0.4) is 0 Å². The number of hydrogen-bond acceptors (Lipinski definition) is 2. The summed E-state index contributed by atoms with van der Waals surface area (Å²) in [5, 5.41) is 3.41. The zero-order chi connectivity index (χ0) is 11.9. The predicted octanol–water partition coefficient (Wildman–Crippen LogP) is 4.37. The van der Waals surface area contributed by atoms with Gasteiger partial charge in [-0.1, -0.05) is 48.6 Å². The summed E-state index contributed by atoms with van der Waals surface area (Å²) < 4.78 is 0. The number of anilines is 2. The molecule has 0 radical (unpaired) electrons. The Bertz CT molecular complexity index is 491. The van der Waals surface area contributed by atoms with Gasteiger partial charge in [0.2, 0.25) is 0 Å². The van der Waals surface area contributed by atoms with Crippen molar-refractivity contribution in [3.63, 3.8) is 0 Å². The molecule has 1 nitrogen and oxygen atoms in total. The first-order valence-corrected chi connectivity index (χ1v) is 6.22. The first kappa shape index (κ1) is 11.8. The maximum atomic E-state index is 4.18. The highest BCUT2D eigenvalue weighted by atomic mass is 32.1. The summed E-state index contributed by atoms with van der Waals surface area (Å²) in [7, 11) is 0. The van der Waals surface area contributed by atoms with Gasteiger partial charge in [-0.15, -0.1) is 0 Å². The molecule has 0 fully saturated rings. The van der Waals surface area contributed by atoms with Gasteiger partial charge in [0, 0.05) is 17.1 Å². The Balaban J connectivity index is 2.23. The van der Waals surface area contributed by atoms with E-state index >= 15 is 0 Å². The average molecular weight is 241 g/mol. The van der Waals surface area contributed by atoms with Crippen LogP contribution >= 0.6 is 12.6 Å². The van der Waals surface area contributed by atoms with E-state index in [1.807, 2.05) is 36.4 Å². The standard InChI is InChI=1S/C15H15NS/c17-12-6-8-13-7-4-5-11-15(13)16-14-9-2-1-3-10-14/h1-11,16-17H,12H2. The largest absolute Gasteiger partial charge is 0.355 e. The molecular weight excluding hydrogens is 226 g/mol. The molecule has 0 amide bonds. The van der Waals surface area contributed by atoms with Crippen LogP contribution in [0, 0.1) is 0 Å². The van der Waals surface area contributed by atoms with E-state index < -0.39 is 0 Å². The summed E-state index contributed by atoms with van der Waals surface area (Å²) in [6, 6.07) is 18.4. The molecule has 0 spiro atoms. The molecule has 0 saturated heterocycles. The zero-order valence-corrected chi connectivity index (χ0v) is 10.4. The molecule has 2 aromatic rings. The Morgan fingerprint density at radius 1 is 0.941 bits per heavy atom. The lowest BCUT2D eigenvalue weighted by Gasteiger charge is -2.09. The van der Waals surface area contributed by atoms with Gasteiger partial charge in [-0.05, 0) is 23.8 Å². The summed E-state index contributed by atoms with van der Waals surface area (Å²) in [5.74, 6) is 0.750. The molecule has 0 heterocycles. The average Bonchev–Trinajstić information content (AvgIpc) is 2.39.